The molecule has 114 valence electrons. The number of hydrogen-bond donors (Lipinski definition) is 0. The highest BCUT2D eigenvalue weighted by Gasteiger charge is 2.30. The van der Waals surface area contributed by atoms with E-state index < -0.39 is 0 Å². The van der Waals surface area contributed by atoms with Crippen molar-refractivity contribution in [3.8, 4) is 0 Å². The molecule has 1 fully saturated rings. The summed E-state index contributed by atoms with van der Waals surface area (Å²) in [7, 11) is 0. The summed E-state index contributed by atoms with van der Waals surface area (Å²) in [6.45, 7) is 9.19. The van der Waals surface area contributed by atoms with E-state index in [-0.39, 0.29) is 0 Å². The quantitative estimate of drug-likeness (QED) is 0.670. The van der Waals surface area contributed by atoms with Crippen molar-refractivity contribution in [2.24, 2.45) is 17.8 Å². The molecule has 20 heavy (non-hydrogen) atoms. The summed E-state index contributed by atoms with van der Waals surface area (Å²) in [5, 5.41) is 4.78. The molecular weight excluding hydrogens is 312 g/mol. The summed E-state index contributed by atoms with van der Waals surface area (Å²) in [6, 6.07) is 2.73. The minimum Gasteiger partial charge on any atom is -0.270 e. The average Bonchev–Trinajstić information content (AvgIpc) is 2.88. The van der Waals surface area contributed by atoms with Crippen molar-refractivity contribution in [2.75, 3.05) is 0 Å². The fourth-order valence-electron chi connectivity index (χ4n) is 3.27. The topological polar surface area (TPSA) is 17.8 Å². The smallest absolute Gasteiger partial charge is 0.0627 e. The molecule has 1 heterocycles. The van der Waals surface area contributed by atoms with Gasteiger partial charge in [0.2, 0.25) is 0 Å². The highest BCUT2D eigenvalue weighted by atomic mass is 79.9. The Labute approximate surface area is 132 Å². The fourth-order valence-corrected chi connectivity index (χ4v) is 3.93. The van der Waals surface area contributed by atoms with Gasteiger partial charge in [0.1, 0.15) is 0 Å². The van der Waals surface area contributed by atoms with E-state index in [4.69, 9.17) is 5.10 Å². The van der Waals surface area contributed by atoms with Crippen LogP contribution in [-0.2, 0) is 6.42 Å². The van der Waals surface area contributed by atoms with E-state index in [1.807, 2.05) is 0 Å². The third-order valence-electron chi connectivity index (χ3n) is 5.05. The number of halogens is 1. The standard InChI is InChI=1S/C17H29BrN2/c1-5-13(4)20-9-8-16(19-20)11-15-10-14(12(2)3)6-7-17(15)18/h8-9,12-15,17H,5-7,10-11H2,1-4H3. The van der Waals surface area contributed by atoms with Crippen molar-refractivity contribution in [2.45, 2.75) is 70.7 Å². The molecule has 0 bridgehead atoms. The van der Waals surface area contributed by atoms with Gasteiger partial charge in [0.15, 0.2) is 0 Å². The van der Waals surface area contributed by atoms with Crippen LogP contribution in [0.1, 0.15) is 65.1 Å². The second kappa shape index (κ2) is 7.11. The summed E-state index contributed by atoms with van der Waals surface area (Å²) in [4.78, 5) is 0.672. The second-order valence-electron chi connectivity index (χ2n) is 6.84. The molecule has 1 aromatic rings. The van der Waals surface area contributed by atoms with Crippen LogP contribution in [0.15, 0.2) is 12.3 Å². The molecule has 1 aromatic heterocycles. The van der Waals surface area contributed by atoms with Crippen molar-refractivity contribution in [3.05, 3.63) is 18.0 Å². The number of alkyl halides is 1. The normalized spacial score (nSPS) is 28.8. The molecule has 1 aliphatic carbocycles. The molecule has 4 atom stereocenters. The van der Waals surface area contributed by atoms with Gasteiger partial charge in [-0.3, -0.25) is 4.68 Å². The van der Waals surface area contributed by atoms with Crippen molar-refractivity contribution >= 4 is 15.9 Å². The Morgan fingerprint density at radius 3 is 2.75 bits per heavy atom. The van der Waals surface area contributed by atoms with Gasteiger partial charge in [0, 0.05) is 17.1 Å². The molecule has 0 saturated heterocycles. The molecular formula is C17H29BrN2. The maximum absolute atomic E-state index is 4.78. The Kier molecular flexibility index (Phi) is 5.71. The molecule has 1 aliphatic rings. The largest absolute Gasteiger partial charge is 0.270 e. The third-order valence-corrected chi connectivity index (χ3v) is 6.26. The first kappa shape index (κ1) is 16.1. The highest BCUT2D eigenvalue weighted by molar-refractivity contribution is 9.09. The van der Waals surface area contributed by atoms with Gasteiger partial charge >= 0.3 is 0 Å². The average molecular weight is 341 g/mol. The Bertz CT molecular complexity index is 413. The van der Waals surface area contributed by atoms with Gasteiger partial charge in [-0.05, 0) is 62.8 Å². The van der Waals surface area contributed by atoms with Gasteiger partial charge < -0.3 is 0 Å². The molecule has 1 saturated carbocycles. The van der Waals surface area contributed by atoms with Crippen LogP contribution >= 0.6 is 15.9 Å². The number of hydrogen-bond acceptors (Lipinski definition) is 1. The predicted octanol–water partition coefficient (Wildman–Crippen LogP) is 5.23. The molecule has 0 aromatic carbocycles. The number of aromatic nitrogens is 2. The van der Waals surface area contributed by atoms with Crippen LogP contribution in [0.2, 0.25) is 0 Å². The molecule has 0 spiro atoms. The molecule has 0 amide bonds. The predicted molar refractivity (Wildman–Crippen MR) is 89.3 cm³/mol. The Balaban J connectivity index is 1.98. The van der Waals surface area contributed by atoms with E-state index in [0.717, 1.165) is 30.6 Å². The lowest BCUT2D eigenvalue weighted by Gasteiger charge is -2.35. The van der Waals surface area contributed by atoms with E-state index >= 15 is 0 Å². The van der Waals surface area contributed by atoms with Gasteiger partial charge in [-0.15, -0.1) is 0 Å². The minimum atomic E-state index is 0.512. The van der Waals surface area contributed by atoms with Gasteiger partial charge in [-0.2, -0.15) is 5.10 Å². The first-order chi connectivity index (χ1) is 9.51. The van der Waals surface area contributed by atoms with E-state index in [1.54, 1.807) is 0 Å². The van der Waals surface area contributed by atoms with Gasteiger partial charge in [0.05, 0.1) is 5.69 Å². The molecule has 2 rings (SSSR count). The lowest BCUT2D eigenvalue weighted by Crippen LogP contribution is -2.29. The molecule has 4 unspecified atom stereocenters. The molecule has 0 N–H and O–H groups in total. The summed E-state index contributed by atoms with van der Waals surface area (Å²) < 4.78 is 2.13. The molecule has 2 nitrogen and oxygen atoms in total. The zero-order valence-corrected chi connectivity index (χ0v) is 14.9. The summed E-state index contributed by atoms with van der Waals surface area (Å²) in [5.74, 6) is 2.46. The molecule has 3 heteroatoms. The second-order valence-corrected chi connectivity index (χ2v) is 8.02. The van der Waals surface area contributed by atoms with Crippen LogP contribution in [0, 0.1) is 17.8 Å². The SMILES string of the molecule is CCC(C)n1ccc(CC2CC(C(C)C)CCC2Br)n1. The number of rotatable bonds is 5. The van der Waals surface area contributed by atoms with E-state index in [9.17, 15) is 0 Å². The number of nitrogens with zero attached hydrogens (tertiary/aromatic N) is 2. The summed E-state index contributed by atoms with van der Waals surface area (Å²) in [6.07, 6.45) is 8.47. The first-order valence-electron chi connectivity index (χ1n) is 8.19. The molecule has 0 aliphatic heterocycles. The van der Waals surface area contributed by atoms with Gasteiger partial charge in [-0.1, -0.05) is 36.7 Å². The zero-order chi connectivity index (χ0) is 14.7. The van der Waals surface area contributed by atoms with Crippen LogP contribution < -0.4 is 0 Å². The minimum absolute atomic E-state index is 0.512. The first-order valence-corrected chi connectivity index (χ1v) is 9.10. The Morgan fingerprint density at radius 1 is 1.35 bits per heavy atom. The fraction of sp³-hybridized carbons (Fsp3) is 0.824. The maximum atomic E-state index is 4.78. The van der Waals surface area contributed by atoms with Gasteiger partial charge in [0.25, 0.3) is 0 Å². The van der Waals surface area contributed by atoms with Crippen LogP contribution in [0.4, 0.5) is 0 Å². The summed E-state index contributed by atoms with van der Waals surface area (Å²) >= 11 is 3.90. The van der Waals surface area contributed by atoms with Crippen molar-refractivity contribution < 1.29 is 0 Å². The van der Waals surface area contributed by atoms with E-state index in [0.29, 0.717) is 10.9 Å². The van der Waals surface area contributed by atoms with Crippen LogP contribution in [0.25, 0.3) is 0 Å². The van der Waals surface area contributed by atoms with Gasteiger partial charge in [-0.25, -0.2) is 0 Å². The molecule has 0 radical (unpaired) electrons. The van der Waals surface area contributed by atoms with Crippen LogP contribution in [0.5, 0.6) is 0 Å². The monoisotopic (exact) mass is 340 g/mol. The van der Waals surface area contributed by atoms with Crippen LogP contribution in [0.3, 0.4) is 0 Å². The van der Waals surface area contributed by atoms with Crippen molar-refractivity contribution in [1.82, 2.24) is 9.78 Å². The summed E-state index contributed by atoms with van der Waals surface area (Å²) in [5.41, 5.74) is 1.27. The maximum Gasteiger partial charge on any atom is 0.0627 e. The van der Waals surface area contributed by atoms with E-state index in [2.05, 4.69) is 60.6 Å². The zero-order valence-electron chi connectivity index (χ0n) is 13.3. The van der Waals surface area contributed by atoms with Crippen molar-refractivity contribution in [3.63, 3.8) is 0 Å². The third kappa shape index (κ3) is 3.87. The van der Waals surface area contributed by atoms with Crippen LogP contribution in [-0.4, -0.2) is 14.6 Å². The van der Waals surface area contributed by atoms with E-state index in [1.165, 1.54) is 25.0 Å². The Hall–Kier alpha value is -0.310. The Morgan fingerprint density at radius 2 is 2.10 bits per heavy atom. The highest BCUT2D eigenvalue weighted by Crippen LogP contribution is 2.38. The lowest BCUT2D eigenvalue weighted by molar-refractivity contribution is 0.221. The lowest BCUT2D eigenvalue weighted by atomic mass is 9.75. The van der Waals surface area contributed by atoms with Crippen molar-refractivity contribution in [1.29, 1.82) is 0 Å².